The summed E-state index contributed by atoms with van der Waals surface area (Å²) in [5.74, 6) is 0.208. The van der Waals surface area contributed by atoms with Crippen molar-refractivity contribution < 1.29 is 9.53 Å². The highest BCUT2D eigenvalue weighted by Crippen LogP contribution is 2.28. The predicted molar refractivity (Wildman–Crippen MR) is 83.3 cm³/mol. The third-order valence-electron chi connectivity index (χ3n) is 3.20. The van der Waals surface area contributed by atoms with Crippen LogP contribution in [0.3, 0.4) is 0 Å². The van der Waals surface area contributed by atoms with Gasteiger partial charge in [-0.25, -0.2) is 9.48 Å². The van der Waals surface area contributed by atoms with Gasteiger partial charge in [0.1, 0.15) is 11.4 Å². The van der Waals surface area contributed by atoms with E-state index in [2.05, 4.69) is 5.10 Å². The number of rotatable bonds is 4. The standard InChI is InChI=1S/C14H17ClN4O2/c1-4-18(2)13-11(14(20)21-3)12(16)19(17-13)10-7-5-9(15)6-8-10/h5-8H,4,16H2,1-3H3. The summed E-state index contributed by atoms with van der Waals surface area (Å²) in [6, 6.07) is 7.03. The molecule has 0 spiro atoms. The van der Waals surface area contributed by atoms with Gasteiger partial charge in [-0.05, 0) is 31.2 Å². The molecule has 0 atom stereocenters. The molecule has 0 radical (unpaired) electrons. The molecule has 0 saturated heterocycles. The molecule has 0 unspecified atom stereocenters. The van der Waals surface area contributed by atoms with E-state index in [1.54, 1.807) is 24.3 Å². The number of hydrogen-bond acceptors (Lipinski definition) is 5. The molecule has 0 aliphatic rings. The van der Waals surface area contributed by atoms with Crippen molar-refractivity contribution in [3.05, 3.63) is 34.9 Å². The number of aromatic nitrogens is 2. The van der Waals surface area contributed by atoms with Crippen LogP contribution in [-0.4, -0.2) is 36.5 Å². The van der Waals surface area contributed by atoms with Gasteiger partial charge in [-0.3, -0.25) is 0 Å². The van der Waals surface area contributed by atoms with E-state index in [1.165, 1.54) is 11.8 Å². The Balaban J connectivity index is 2.60. The van der Waals surface area contributed by atoms with E-state index in [0.29, 0.717) is 17.4 Å². The molecular weight excluding hydrogens is 292 g/mol. The van der Waals surface area contributed by atoms with Gasteiger partial charge < -0.3 is 15.4 Å². The monoisotopic (exact) mass is 308 g/mol. The van der Waals surface area contributed by atoms with Crippen molar-refractivity contribution in [3.8, 4) is 5.69 Å². The maximum Gasteiger partial charge on any atom is 0.345 e. The van der Waals surface area contributed by atoms with Crippen molar-refractivity contribution >= 4 is 29.2 Å². The third-order valence-corrected chi connectivity index (χ3v) is 3.45. The van der Waals surface area contributed by atoms with Crippen LogP contribution in [0, 0.1) is 0 Å². The Kier molecular flexibility index (Phi) is 4.37. The average Bonchev–Trinajstić information content (AvgIpc) is 2.84. The number of nitrogens with zero attached hydrogens (tertiary/aromatic N) is 3. The molecule has 6 nitrogen and oxygen atoms in total. The van der Waals surface area contributed by atoms with Crippen molar-refractivity contribution in [2.24, 2.45) is 0 Å². The quantitative estimate of drug-likeness (QED) is 0.878. The second-order valence-electron chi connectivity index (χ2n) is 4.48. The van der Waals surface area contributed by atoms with Gasteiger partial charge in [0.25, 0.3) is 0 Å². The first-order chi connectivity index (χ1) is 9.99. The van der Waals surface area contributed by atoms with E-state index in [0.717, 1.165) is 5.69 Å². The van der Waals surface area contributed by atoms with Gasteiger partial charge >= 0.3 is 5.97 Å². The zero-order valence-electron chi connectivity index (χ0n) is 12.1. The Morgan fingerprint density at radius 3 is 2.57 bits per heavy atom. The fourth-order valence-corrected chi connectivity index (χ4v) is 2.04. The zero-order valence-corrected chi connectivity index (χ0v) is 12.9. The fourth-order valence-electron chi connectivity index (χ4n) is 1.91. The summed E-state index contributed by atoms with van der Waals surface area (Å²) in [6.07, 6.45) is 0. The van der Waals surface area contributed by atoms with E-state index >= 15 is 0 Å². The molecule has 0 aliphatic heterocycles. The van der Waals surface area contributed by atoms with Gasteiger partial charge in [0.05, 0.1) is 12.8 Å². The molecule has 21 heavy (non-hydrogen) atoms. The topological polar surface area (TPSA) is 73.4 Å². The van der Waals surface area contributed by atoms with Crippen LogP contribution in [0.5, 0.6) is 0 Å². The second-order valence-corrected chi connectivity index (χ2v) is 4.91. The number of nitrogens with two attached hydrogens (primary N) is 1. The van der Waals surface area contributed by atoms with Gasteiger partial charge in [-0.2, -0.15) is 0 Å². The van der Waals surface area contributed by atoms with Crippen LogP contribution in [-0.2, 0) is 4.74 Å². The Bertz CT molecular complexity index is 652. The zero-order chi connectivity index (χ0) is 15.6. The highest BCUT2D eigenvalue weighted by molar-refractivity contribution is 6.30. The van der Waals surface area contributed by atoms with E-state index in [4.69, 9.17) is 22.1 Å². The van der Waals surface area contributed by atoms with E-state index < -0.39 is 5.97 Å². The van der Waals surface area contributed by atoms with Gasteiger partial charge in [0, 0.05) is 18.6 Å². The number of benzene rings is 1. The Morgan fingerprint density at radius 1 is 1.43 bits per heavy atom. The molecule has 0 aliphatic carbocycles. The summed E-state index contributed by atoms with van der Waals surface area (Å²) < 4.78 is 6.30. The molecule has 1 aromatic carbocycles. The molecule has 1 heterocycles. The number of carbonyl (C=O) groups is 1. The fraction of sp³-hybridized carbons (Fsp3) is 0.286. The number of hydrogen-bond donors (Lipinski definition) is 1. The summed E-state index contributed by atoms with van der Waals surface area (Å²) in [5, 5.41) is 5.04. The van der Waals surface area contributed by atoms with E-state index in [9.17, 15) is 4.79 Å². The van der Waals surface area contributed by atoms with Gasteiger partial charge in [-0.1, -0.05) is 11.6 Å². The predicted octanol–water partition coefficient (Wildman–Crippen LogP) is 2.35. The van der Waals surface area contributed by atoms with Crippen LogP contribution in [0.1, 0.15) is 17.3 Å². The minimum atomic E-state index is -0.511. The van der Waals surface area contributed by atoms with Crippen LogP contribution < -0.4 is 10.6 Å². The van der Waals surface area contributed by atoms with Crippen LogP contribution >= 0.6 is 11.6 Å². The summed E-state index contributed by atoms with van der Waals surface area (Å²) in [5.41, 5.74) is 7.06. The minimum absolute atomic E-state index is 0.236. The van der Waals surface area contributed by atoms with Crippen molar-refractivity contribution in [3.63, 3.8) is 0 Å². The Morgan fingerprint density at radius 2 is 2.05 bits per heavy atom. The lowest BCUT2D eigenvalue weighted by Crippen LogP contribution is -2.19. The van der Waals surface area contributed by atoms with Crippen LogP contribution in [0.25, 0.3) is 5.69 Å². The maximum atomic E-state index is 12.0. The molecule has 0 amide bonds. The summed E-state index contributed by atoms with van der Waals surface area (Å²) in [7, 11) is 3.15. The minimum Gasteiger partial charge on any atom is -0.465 e. The number of anilines is 2. The highest BCUT2D eigenvalue weighted by atomic mass is 35.5. The van der Waals surface area contributed by atoms with Crippen LogP contribution in [0.4, 0.5) is 11.6 Å². The lowest BCUT2D eigenvalue weighted by molar-refractivity contribution is 0.0602. The van der Waals surface area contributed by atoms with Gasteiger partial charge in [0.2, 0.25) is 0 Å². The van der Waals surface area contributed by atoms with E-state index in [-0.39, 0.29) is 11.4 Å². The molecular formula is C14H17ClN4O2. The molecule has 7 heteroatoms. The first-order valence-electron chi connectivity index (χ1n) is 6.43. The van der Waals surface area contributed by atoms with Crippen molar-refractivity contribution in [1.29, 1.82) is 0 Å². The van der Waals surface area contributed by atoms with E-state index in [1.807, 2.05) is 18.9 Å². The lowest BCUT2D eigenvalue weighted by Gasteiger charge is -2.14. The number of carbonyl (C=O) groups excluding carboxylic acids is 1. The maximum absolute atomic E-state index is 12.0. The first-order valence-corrected chi connectivity index (χ1v) is 6.81. The summed E-state index contributed by atoms with van der Waals surface area (Å²) >= 11 is 5.88. The van der Waals surface area contributed by atoms with Crippen LogP contribution in [0.15, 0.2) is 24.3 Å². The molecule has 2 N–H and O–H groups in total. The molecule has 0 bridgehead atoms. The summed E-state index contributed by atoms with van der Waals surface area (Å²) in [6.45, 7) is 2.64. The number of halogens is 1. The normalized spacial score (nSPS) is 10.5. The van der Waals surface area contributed by atoms with Gasteiger partial charge in [0.15, 0.2) is 5.82 Å². The summed E-state index contributed by atoms with van der Waals surface area (Å²) in [4.78, 5) is 13.8. The highest BCUT2D eigenvalue weighted by Gasteiger charge is 2.25. The third kappa shape index (κ3) is 2.80. The Hall–Kier alpha value is -2.21. The molecule has 1 aromatic heterocycles. The Labute approximate surface area is 128 Å². The molecule has 0 saturated carbocycles. The van der Waals surface area contributed by atoms with Crippen molar-refractivity contribution in [1.82, 2.24) is 9.78 Å². The number of esters is 1. The number of nitrogen functional groups attached to an aromatic ring is 1. The average molecular weight is 309 g/mol. The van der Waals surface area contributed by atoms with Crippen molar-refractivity contribution in [2.75, 3.05) is 31.3 Å². The van der Waals surface area contributed by atoms with Crippen LogP contribution in [0.2, 0.25) is 5.02 Å². The first kappa shape index (κ1) is 15.2. The smallest absolute Gasteiger partial charge is 0.345 e. The number of ether oxygens (including phenoxy) is 1. The second kappa shape index (κ2) is 6.05. The van der Waals surface area contributed by atoms with Gasteiger partial charge in [-0.15, -0.1) is 5.10 Å². The largest absolute Gasteiger partial charge is 0.465 e. The molecule has 0 fully saturated rings. The lowest BCUT2D eigenvalue weighted by atomic mass is 10.2. The molecule has 112 valence electrons. The van der Waals surface area contributed by atoms with Crippen molar-refractivity contribution in [2.45, 2.75) is 6.92 Å². The molecule has 2 aromatic rings. The number of methoxy groups -OCH3 is 1. The SMILES string of the molecule is CCN(C)c1nn(-c2ccc(Cl)cc2)c(N)c1C(=O)OC. The molecule has 2 rings (SSSR count).